The molecule has 4 aromatic rings. The Morgan fingerprint density at radius 3 is 2.77 bits per heavy atom. The molecule has 4 rings (SSSR count). The Labute approximate surface area is 177 Å². The third kappa shape index (κ3) is 4.68. The van der Waals surface area contributed by atoms with Gasteiger partial charge in [-0.1, -0.05) is 6.07 Å². The molecule has 0 aliphatic carbocycles. The number of hydrogen-bond donors (Lipinski definition) is 4. The number of aliphatic hydroxyl groups is 1. The van der Waals surface area contributed by atoms with Gasteiger partial charge in [-0.25, -0.2) is 19.7 Å². The van der Waals surface area contributed by atoms with E-state index in [1.807, 2.05) is 12.1 Å². The Bertz CT molecular complexity index is 1230. The van der Waals surface area contributed by atoms with Crippen LogP contribution in [0.5, 0.6) is 11.6 Å². The van der Waals surface area contributed by atoms with Gasteiger partial charge in [0.1, 0.15) is 17.1 Å². The van der Waals surface area contributed by atoms with E-state index >= 15 is 0 Å². The molecule has 4 heterocycles. The van der Waals surface area contributed by atoms with Crippen LogP contribution in [-0.2, 0) is 13.1 Å². The van der Waals surface area contributed by atoms with Gasteiger partial charge in [-0.15, -0.1) is 0 Å². The summed E-state index contributed by atoms with van der Waals surface area (Å²) < 4.78 is 7.22. The zero-order valence-electron chi connectivity index (χ0n) is 16.9. The highest BCUT2D eigenvalue weighted by Crippen LogP contribution is 2.20. The normalized spacial score (nSPS) is 11.2. The van der Waals surface area contributed by atoms with Gasteiger partial charge >= 0.3 is 5.69 Å². The fraction of sp³-hybridized carbons (Fsp3) is 0.250. The highest BCUT2D eigenvalue weighted by atomic mass is 16.5. The molecule has 0 amide bonds. The number of aromatic amines is 1. The largest absolute Gasteiger partial charge is 0.437 e. The van der Waals surface area contributed by atoms with Crippen LogP contribution < -0.4 is 21.5 Å². The molecule has 5 N–H and O–H groups in total. The van der Waals surface area contributed by atoms with Crippen molar-refractivity contribution in [2.24, 2.45) is 0 Å². The first-order valence-corrected chi connectivity index (χ1v) is 9.65. The minimum atomic E-state index is -0.318. The third-order valence-corrected chi connectivity index (χ3v) is 4.52. The van der Waals surface area contributed by atoms with E-state index in [0.29, 0.717) is 41.7 Å². The summed E-state index contributed by atoms with van der Waals surface area (Å²) in [7, 11) is 0. The minimum Gasteiger partial charge on any atom is -0.437 e. The molecule has 0 aliphatic heterocycles. The number of pyridine rings is 2. The Balaban J connectivity index is 1.45. The first-order valence-electron chi connectivity index (χ1n) is 9.65. The molecule has 0 saturated heterocycles. The Morgan fingerprint density at radius 1 is 1.19 bits per heavy atom. The second-order valence-electron chi connectivity index (χ2n) is 6.86. The molecule has 11 heteroatoms. The van der Waals surface area contributed by atoms with Gasteiger partial charge in [-0.3, -0.25) is 9.55 Å². The number of nitrogens with zero attached hydrogens (tertiary/aromatic N) is 5. The van der Waals surface area contributed by atoms with E-state index in [0.717, 1.165) is 11.3 Å². The molecule has 0 radical (unpaired) electrons. The van der Waals surface area contributed by atoms with Crippen molar-refractivity contribution >= 4 is 17.0 Å². The van der Waals surface area contributed by atoms with Crippen molar-refractivity contribution in [3.63, 3.8) is 0 Å². The lowest BCUT2D eigenvalue weighted by atomic mass is 10.3. The second-order valence-corrected chi connectivity index (χ2v) is 6.86. The number of anilines is 1. The number of nitrogens with two attached hydrogens (primary N) is 1. The van der Waals surface area contributed by atoms with Crippen LogP contribution in [0.2, 0.25) is 0 Å². The molecule has 0 saturated carbocycles. The summed E-state index contributed by atoms with van der Waals surface area (Å²) in [6.45, 7) is 3.16. The second kappa shape index (κ2) is 8.90. The molecule has 0 bridgehead atoms. The van der Waals surface area contributed by atoms with Crippen LogP contribution in [0.1, 0.15) is 17.1 Å². The Hall–Kier alpha value is -3.83. The number of aryl methyl sites for hydroxylation is 1. The van der Waals surface area contributed by atoms with E-state index in [2.05, 4.69) is 30.2 Å². The number of ether oxygens (including phenoxy) is 1. The lowest BCUT2D eigenvalue weighted by molar-refractivity contribution is 0.291. The van der Waals surface area contributed by atoms with Crippen LogP contribution in [0, 0.1) is 6.92 Å². The summed E-state index contributed by atoms with van der Waals surface area (Å²) in [6, 6.07) is 7.19. The van der Waals surface area contributed by atoms with Crippen molar-refractivity contribution in [3.8, 4) is 11.6 Å². The van der Waals surface area contributed by atoms with Gasteiger partial charge in [0.15, 0.2) is 11.5 Å². The molecular weight excluding hydrogens is 400 g/mol. The zero-order chi connectivity index (χ0) is 21.8. The van der Waals surface area contributed by atoms with Gasteiger partial charge in [-0.2, -0.15) is 0 Å². The van der Waals surface area contributed by atoms with E-state index in [4.69, 9.17) is 15.6 Å². The van der Waals surface area contributed by atoms with Crippen molar-refractivity contribution in [2.45, 2.75) is 20.0 Å². The monoisotopic (exact) mass is 422 g/mol. The number of aliphatic hydroxyl groups excluding tert-OH is 1. The maximum Gasteiger partial charge on any atom is 0.328 e. The van der Waals surface area contributed by atoms with Gasteiger partial charge in [0.2, 0.25) is 5.88 Å². The number of aromatic nitrogens is 6. The SMILES string of the molecule is Cc1nc(N)c2[nH]c(=O)n(Cc3ccc(Oc4ccc(CNCCO)nc4)nc3)c2n1. The summed E-state index contributed by atoms with van der Waals surface area (Å²) in [5.41, 5.74) is 8.08. The molecule has 0 fully saturated rings. The molecular formula is C20H22N8O3. The summed E-state index contributed by atoms with van der Waals surface area (Å²) in [5.74, 6) is 1.69. The predicted molar refractivity (Wildman–Crippen MR) is 114 cm³/mol. The van der Waals surface area contributed by atoms with Crippen LogP contribution in [0.15, 0.2) is 41.5 Å². The number of H-pyrrole nitrogens is 1. The van der Waals surface area contributed by atoms with Crippen molar-refractivity contribution in [1.82, 2.24) is 34.8 Å². The fourth-order valence-corrected chi connectivity index (χ4v) is 3.05. The van der Waals surface area contributed by atoms with Gasteiger partial charge < -0.3 is 25.9 Å². The van der Waals surface area contributed by atoms with Gasteiger partial charge in [0.05, 0.1) is 25.0 Å². The van der Waals surface area contributed by atoms with Crippen LogP contribution in [0.25, 0.3) is 11.2 Å². The quantitative estimate of drug-likeness (QED) is 0.300. The third-order valence-electron chi connectivity index (χ3n) is 4.52. The van der Waals surface area contributed by atoms with Crippen molar-refractivity contribution in [2.75, 3.05) is 18.9 Å². The summed E-state index contributed by atoms with van der Waals surface area (Å²) in [5, 5.41) is 11.8. The van der Waals surface area contributed by atoms with Crippen LogP contribution >= 0.6 is 0 Å². The van der Waals surface area contributed by atoms with Gasteiger partial charge in [-0.05, 0) is 24.6 Å². The van der Waals surface area contributed by atoms with E-state index in [1.54, 1.807) is 31.5 Å². The number of nitrogens with one attached hydrogen (secondary N) is 2. The lowest BCUT2D eigenvalue weighted by Crippen LogP contribution is -2.18. The molecule has 11 nitrogen and oxygen atoms in total. The topological polar surface area (TPSA) is 157 Å². The lowest BCUT2D eigenvalue weighted by Gasteiger charge is -2.07. The Kier molecular flexibility index (Phi) is 5.87. The van der Waals surface area contributed by atoms with Crippen LogP contribution in [-0.4, -0.2) is 47.7 Å². The van der Waals surface area contributed by atoms with Gasteiger partial charge in [0, 0.05) is 25.4 Å². The number of hydrogen-bond acceptors (Lipinski definition) is 9. The summed E-state index contributed by atoms with van der Waals surface area (Å²) >= 11 is 0. The molecule has 0 atom stereocenters. The molecule has 31 heavy (non-hydrogen) atoms. The number of rotatable bonds is 8. The van der Waals surface area contributed by atoms with Crippen molar-refractivity contribution in [3.05, 3.63) is 64.2 Å². The van der Waals surface area contributed by atoms with E-state index in [1.165, 1.54) is 4.57 Å². The fourth-order valence-electron chi connectivity index (χ4n) is 3.05. The minimum absolute atomic E-state index is 0.0826. The van der Waals surface area contributed by atoms with Crippen LogP contribution in [0.4, 0.5) is 5.82 Å². The first kappa shape index (κ1) is 20.4. The highest BCUT2D eigenvalue weighted by molar-refractivity contribution is 5.81. The van der Waals surface area contributed by atoms with Crippen molar-refractivity contribution in [1.29, 1.82) is 0 Å². The van der Waals surface area contributed by atoms with E-state index in [-0.39, 0.29) is 24.7 Å². The smallest absolute Gasteiger partial charge is 0.328 e. The molecule has 0 spiro atoms. The summed E-state index contributed by atoms with van der Waals surface area (Å²) in [6.07, 6.45) is 3.25. The standard InChI is InChI=1S/C20H22N8O3/c1-12-25-18(21)17-19(26-12)28(20(30)27-17)11-13-2-5-16(24-8-13)31-15-4-3-14(23-10-15)9-22-6-7-29/h2-5,8,10,22,29H,6-7,9,11H2,1H3,(H,27,30)(H2,21,25,26). The molecule has 4 aromatic heterocycles. The van der Waals surface area contributed by atoms with Crippen LogP contribution in [0.3, 0.4) is 0 Å². The molecule has 0 aliphatic rings. The van der Waals surface area contributed by atoms with Crippen molar-refractivity contribution < 1.29 is 9.84 Å². The van der Waals surface area contributed by atoms with E-state index in [9.17, 15) is 4.79 Å². The Morgan fingerprint density at radius 2 is 2.06 bits per heavy atom. The first-order chi connectivity index (χ1) is 15.0. The maximum atomic E-state index is 12.3. The zero-order valence-corrected chi connectivity index (χ0v) is 16.9. The average Bonchev–Trinajstić information content (AvgIpc) is 3.07. The predicted octanol–water partition coefficient (Wildman–Crippen LogP) is 0.723. The number of imidazole rings is 1. The molecule has 160 valence electrons. The maximum absolute atomic E-state index is 12.3. The number of nitrogen functional groups attached to an aromatic ring is 1. The molecule has 0 unspecified atom stereocenters. The average molecular weight is 422 g/mol. The van der Waals surface area contributed by atoms with Gasteiger partial charge in [0.25, 0.3) is 0 Å². The summed E-state index contributed by atoms with van der Waals surface area (Å²) in [4.78, 5) is 32.1. The van der Waals surface area contributed by atoms with E-state index < -0.39 is 0 Å². The highest BCUT2D eigenvalue weighted by Gasteiger charge is 2.13. The molecule has 0 aromatic carbocycles. The number of fused-ring (bicyclic) bond motifs is 1.